The molecule has 1 atom stereocenters. The van der Waals surface area contributed by atoms with E-state index < -0.39 is 12.1 Å². The first-order chi connectivity index (χ1) is 10.5. The molecule has 22 heavy (non-hydrogen) atoms. The molecule has 0 spiro atoms. The zero-order valence-electron chi connectivity index (χ0n) is 13.8. The average molecular weight is 314 g/mol. The highest BCUT2D eigenvalue weighted by Gasteiger charge is 2.10. The molecule has 1 unspecified atom stereocenters. The third kappa shape index (κ3) is 13.6. The summed E-state index contributed by atoms with van der Waals surface area (Å²) in [5, 5.41) is 20.9. The van der Waals surface area contributed by atoms with Crippen molar-refractivity contribution in [1.82, 2.24) is 10.2 Å². The number of carbonyl (C=O) groups is 2. The van der Waals surface area contributed by atoms with E-state index in [1.807, 2.05) is 4.90 Å². The lowest BCUT2D eigenvalue weighted by molar-refractivity contribution is -0.137. The summed E-state index contributed by atoms with van der Waals surface area (Å²) in [5.74, 6) is -0.847. The van der Waals surface area contributed by atoms with E-state index in [1.54, 1.807) is 6.92 Å². The maximum absolute atomic E-state index is 11.6. The van der Waals surface area contributed by atoms with Gasteiger partial charge in [-0.1, -0.05) is 19.1 Å². The Hall–Kier alpha value is -1.40. The molecule has 0 rings (SSSR count). The van der Waals surface area contributed by atoms with Crippen molar-refractivity contribution in [3.05, 3.63) is 12.2 Å². The molecule has 0 heterocycles. The van der Waals surface area contributed by atoms with Crippen LogP contribution in [0.5, 0.6) is 0 Å². The number of carbonyl (C=O) groups excluding carboxylic acids is 1. The molecular formula is C16H30N2O4. The van der Waals surface area contributed by atoms with Gasteiger partial charge in [0.2, 0.25) is 5.91 Å². The Balaban J connectivity index is 3.86. The van der Waals surface area contributed by atoms with Crippen LogP contribution in [0.2, 0.25) is 0 Å². The summed E-state index contributed by atoms with van der Waals surface area (Å²) in [5.41, 5.74) is 0. The second kappa shape index (κ2) is 13.3. The van der Waals surface area contributed by atoms with Gasteiger partial charge in [-0.3, -0.25) is 14.5 Å². The standard InChI is InChI=1S/C16H30N2O4/c1-3-4-5-6-7-8-15(20)17-10-12-18(13-14(2)19)11-9-16(21)22/h4-5,14,19H,3,6-13H2,1-2H3,(H,17,20)(H,21,22)/b5-4+. The van der Waals surface area contributed by atoms with E-state index in [2.05, 4.69) is 24.4 Å². The number of unbranched alkanes of at least 4 members (excludes halogenated alkanes) is 1. The molecule has 0 aliphatic carbocycles. The number of hydrogen-bond acceptors (Lipinski definition) is 4. The van der Waals surface area contributed by atoms with Crippen LogP contribution >= 0.6 is 0 Å². The van der Waals surface area contributed by atoms with Crippen molar-refractivity contribution in [2.45, 2.75) is 52.1 Å². The Morgan fingerprint density at radius 1 is 1.23 bits per heavy atom. The first-order valence-electron chi connectivity index (χ1n) is 7.99. The van der Waals surface area contributed by atoms with Crippen LogP contribution in [0.1, 0.15) is 46.0 Å². The molecule has 6 nitrogen and oxygen atoms in total. The maximum atomic E-state index is 11.6. The van der Waals surface area contributed by atoms with Gasteiger partial charge in [-0.2, -0.15) is 0 Å². The summed E-state index contributed by atoms with van der Waals surface area (Å²) < 4.78 is 0. The molecule has 0 bridgehead atoms. The van der Waals surface area contributed by atoms with Gasteiger partial charge in [0.25, 0.3) is 0 Å². The number of hydrogen-bond donors (Lipinski definition) is 3. The Morgan fingerprint density at radius 2 is 1.95 bits per heavy atom. The molecule has 0 aliphatic rings. The molecule has 6 heteroatoms. The fourth-order valence-corrected chi connectivity index (χ4v) is 2.03. The number of rotatable bonds is 13. The highest BCUT2D eigenvalue weighted by Crippen LogP contribution is 1.98. The van der Waals surface area contributed by atoms with Crippen molar-refractivity contribution in [2.24, 2.45) is 0 Å². The minimum absolute atomic E-state index is 0.0140. The van der Waals surface area contributed by atoms with Crippen molar-refractivity contribution in [1.29, 1.82) is 0 Å². The maximum Gasteiger partial charge on any atom is 0.304 e. The quantitative estimate of drug-likeness (QED) is 0.353. The second-order valence-electron chi connectivity index (χ2n) is 5.42. The zero-order chi connectivity index (χ0) is 16.8. The van der Waals surface area contributed by atoms with Gasteiger partial charge in [-0.15, -0.1) is 0 Å². The van der Waals surface area contributed by atoms with Gasteiger partial charge < -0.3 is 15.5 Å². The van der Waals surface area contributed by atoms with E-state index >= 15 is 0 Å². The molecular weight excluding hydrogens is 284 g/mol. The number of carboxylic acids is 1. The molecule has 0 aromatic carbocycles. The summed E-state index contributed by atoms with van der Waals surface area (Å²) in [7, 11) is 0. The molecule has 0 aliphatic heterocycles. The molecule has 128 valence electrons. The number of aliphatic carboxylic acids is 1. The summed E-state index contributed by atoms with van der Waals surface area (Å²) in [6, 6.07) is 0. The molecule has 1 amide bonds. The zero-order valence-corrected chi connectivity index (χ0v) is 13.8. The number of aliphatic hydroxyl groups excluding tert-OH is 1. The molecule has 0 saturated carbocycles. The number of nitrogens with one attached hydrogen (secondary N) is 1. The predicted molar refractivity (Wildman–Crippen MR) is 86.7 cm³/mol. The van der Waals surface area contributed by atoms with Crippen LogP contribution in [0.25, 0.3) is 0 Å². The number of carboxylic acid groups (broad SMARTS) is 1. The highest BCUT2D eigenvalue weighted by molar-refractivity contribution is 5.75. The lowest BCUT2D eigenvalue weighted by Crippen LogP contribution is -2.39. The van der Waals surface area contributed by atoms with E-state index in [0.29, 0.717) is 32.6 Å². The molecule has 0 aromatic heterocycles. The van der Waals surface area contributed by atoms with Gasteiger partial charge in [-0.05, 0) is 26.2 Å². The van der Waals surface area contributed by atoms with Gasteiger partial charge in [0.05, 0.1) is 12.5 Å². The van der Waals surface area contributed by atoms with Crippen molar-refractivity contribution >= 4 is 11.9 Å². The average Bonchev–Trinajstić information content (AvgIpc) is 2.43. The highest BCUT2D eigenvalue weighted by atomic mass is 16.4. The monoisotopic (exact) mass is 314 g/mol. The van der Waals surface area contributed by atoms with Gasteiger partial charge >= 0.3 is 5.97 Å². The van der Waals surface area contributed by atoms with E-state index in [0.717, 1.165) is 19.3 Å². The lowest BCUT2D eigenvalue weighted by Gasteiger charge is -2.23. The van der Waals surface area contributed by atoms with Crippen molar-refractivity contribution in [3.63, 3.8) is 0 Å². The van der Waals surface area contributed by atoms with Gasteiger partial charge in [0, 0.05) is 32.6 Å². The smallest absolute Gasteiger partial charge is 0.304 e. The Kier molecular flexibility index (Phi) is 12.4. The van der Waals surface area contributed by atoms with E-state index in [1.165, 1.54) is 0 Å². The summed E-state index contributed by atoms with van der Waals surface area (Å²) in [6.45, 7) is 5.53. The van der Waals surface area contributed by atoms with Crippen molar-refractivity contribution < 1.29 is 19.8 Å². The van der Waals surface area contributed by atoms with Gasteiger partial charge in [-0.25, -0.2) is 0 Å². The largest absolute Gasteiger partial charge is 0.481 e. The molecule has 0 fully saturated rings. The van der Waals surface area contributed by atoms with Crippen LogP contribution in [0.3, 0.4) is 0 Å². The first-order valence-corrected chi connectivity index (χ1v) is 7.99. The van der Waals surface area contributed by atoms with Crippen LogP contribution < -0.4 is 5.32 Å². The second-order valence-corrected chi connectivity index (χ2v) is 5.42. The number of nitrogens with zero attached hydrogens (tertiary/aromatic N) is 1. The summed E-state index contributed by atoms with van der Waals surface area (Å²) >= 11 is 0. The number of aliphatic hydroxyl groups is 1. The molecule has 0 saturated heterocycles. The summed E-state index contributed by atoms with van der Waals surface area (Å²) in [6.07, 6.45) is 6.95. The van der Waals surface area contributed by atoms with Crippen LogP contribution in [-0.4, -0.2) is 59.3 Å². The fraction of sp³-hybridized carbons (Fsp3) is 0.750. The SMILES string of the molecule is CC/C=C/CCCC(=O)NCCN(CCC(=O)O)CC(C)O. The molecule has 3 N–H and O–H groups in total. The minimum Gasteiger partial charge on any atom is -0.481 e. The van der Waals surface area contributed by atoms with E-state index in [-0.39, 0.29) is 12.3 Å². The molecule has 0 aromatic rings. The summed E-state index contributed by atoms with van der Waals surface area (Å²) in [4.78, 5) is 24.1. The van der Waals surface area contributed by atoms with Crippen molar-refractivity contribution in [3.8, 4) is 0 Å². The third-order valence-electron chi connectivity index (χ3n) is 3.09. The van der Waals surface area contributed by atoms with E-state index in [4.69, 9.17) is 5.11 Å². The Labute approximate surface area is 133 Å². The fourth-order valence-electron chi connectivity index (χ4n) is 2.03. The molecule has 0 radical (unpaired) electrons. The van der Waals surface area contributed by atoms with Crippen LogP contribution in [0.15, 0.2) is 12.2 Å². The topological polar surface area (TPSA) is 89.9 Å². The minimum atomic E-state index is -0.861. The van der Waals surface area contributed by atoms with Crippen LogP contribution in [0.4, 0.5) is 0 Å². The van der Waals surface area contributed by atoms with E-state index in [9.17, 15) is 14.7 Å². The van der Waals surface area contributed by atoms with Gasteiger partial charge in [0.1, 0.15) is 0 Å². The lowest BCUT2D eigenvalue weighted by atomic mass is 10.2. The Morgan fingerprint density at radius 3 is 2.55 bits per heavy atom. The number of amides is 1. The normalized spacial score (nSPS) is 12.7. The van der Waals surface area contributed by atoms with Crippen LogP contribution in [-0.2, 0) is 9.59 Å². The Bertz CT molecular complexity index is 343. The van der Waals surface area contributed by atoms with Crippen LogP contribution in [0, 0.1) is 0 Å². The third-order valence-corrected chi connectivity index (χ3v) is 3.09. The number of allylic oxidation sites excluding steroid dienone is 2. The first kappa shape index (κ1) is 20.6. The van der Waals surface area contributed by atoms with Crippen molar-refractivity contribution in [2.75, 3.05) is 26.2 Å². The van der Waals surface area contributed by atoms with Gasteiger partial charge in [0.15, 0.2) is 0 Å². The predicted octanol–water partition coefficient (Wildman–Crippen LogP) is 1.40.